The summed E-state index contributed by atoms with van der Waals surface area (Å²) in [6.45, 7) is 5.63. The van der Waals surface area contributed by atoms with Crippen LogP contribution >= 0.6 is 0 Å². The molecule has 0 spiro atoms. The standard InChI is InChI=1S/C21H27N3O3/c1-16-4-3-5-18(14-16)23-21(25)22-15-20(24-10-12-27-13-11-24)17-6-8-19(26-2)9-7-17/h3-9,14,20H,10-13,15H2,1-2H3,(H2,22,23,25)/t20-/m1/s1. The molecule has 3 rings (SSSR count). The quantitative estimate of drug-likeness (QED) is 0.821. The highest BCUT2D eigenvalue weighted by Gasteiger charge is 2.23. The summed E-state index contributed by atoms with van der Waals surface area (Å²) in [6.07, 6.45) is 0. The van der Waals surface area contributed by atoms with E-state index < -0.39 is 0 Å². The van der Waals surface area contributed by atoms with Gasteiger partial charge in [-0.3, -0.25) is 4.90 Å². The second-order valence-corrected chi connectivity index (χ2v) is 6.64. The van der Waals surface area contributed by atoms with E-state index in [0.29, 0.717) is 19.8 Å². The molecule has 2 N–H and O–H groups in total. The van der Waals surface area contributed by atoms with Crippen LogP contribution in [-0.2, 0) is 4.74 Å². The number of ether oxygens (including phenoxy) is 2. The van der Waals surface area contributed by atoms with E-state index in [2.05, 4.69) is 27.7 Å². The summed E-state index contributed by atoms with van der Waals surface area (Å²) in [7, 11) is 1.66. The molecule has 1 saturated heterocycles. The minimum absolute atomic E-state index is 0.0862. The Hall–Kier alpha value is -2.57. The second kappa shape index (κ2) is 9.39. The highest BCUT2D eigenvalue weighted by Crippen LogP contribution is 2.23. The van der Waals surface area contributed by atoms with Gasteiger partial charge in [-0.15, -0.1) is 0 Å². The minimum atomic E-state index is -0.202. The molecule has 0 unspecified atom stereocenters. The van der Waals surface area contributed by atoms with Crippen LogP contribution in [0.1, 0.15) is 17.2 Å². The van der Waals surface area contributed by atoms with Gasteiger partial charge in [0.25, 0.3) is 0 Å². The maximum atomic E-state index is 12.4. The fourth-order valence-electron chi connectivity index (χ4n) is 3.26. The van der Waals surface area contributed by atoms with E-state index in [1.165, 1.54) is 0 Å². The van der Waals surface area contributed by atoms with Crippen LogP contribution in [0.2, 0.25) is 0 Å². The number of aryl methyl sites for hydroxylation is 1. The number of methoxy groups -OCH3 is 1. The average molecular weight is 369 g/mol. The first-order chi connectivity index (χ1) is 13.2. The highest BCUT2D eigenvalue weighted by atomic mass is 16.5. The Morgan fingerprint density at radius 3 is 2.59 bits per heavy atom. The molecule has 0 saturated carbocycles. The summed E-state index contributed by atoms with van der Waals surface area (Å²) in [5, 5.41) is 5.91. The number of nitrogens with one attached hydrogen (secondary N) is 2. The summed E-state index contributed by atoms with van der Waals surface area (Å²) in [5.41, 5.74) is 3.05. The molecule has 1 aliphatic rings. The van der Waals surface area contributed by atoms with Crippen LogP contribution in [0.4, 0.5) is 10.5 Å². The normalized spacial score (nSPS) is 15.8. The summed E-state index contributed by atoms with van der Waals surface area (Å²) >= 11 is 0. The Kier molecular flexibility index (Phi) is 6.68. The molecule has 6 heteroatoms. The van der Waals surface area contributed by atoms with Crippen molar-refractivity contribution in [2.45, 2.75) is 13.0 Å². The first-order valence-electron chi connectivity index (χ1n) is 9.23. The van der Waals surface area contributed by atoms with Gasteiger partial charge in [0, 0.05) is 25.3 Å². The maximum Gasteiger partial charge on any atom is 0.319 e. The fraction of sp³-hybridized carbons (Fsp3) is 0.381. The molecule has 0 aliphatic carbocycles. The molecule has 2 aromatic rings. The Morgan fingerprint density at radius 1 is 1.19 bits per heavy atom. The lowest BCUT2D eigenvalue weighted by Crippen LogP contribution is -2.44. The lowest BCUT2D eigenvalue weighted by Gasteiger charge is -2.35. The molecule has 0 aromatic heterocycles. The van der Waals surface area contributed by atoms with E-state index in [0.717, 1.165) is 35.7 Å². The van der Waals surface area contributed by atoms with Crippen molar-refractivity contribution in [3.8, 4) is 5.75 Å². The lowest BCUT2D eigenvalue weighted by molar-refractivity contribution is 0.0167. The van der Waals surface area contributed by atoms with Gasteiger partial charge in [0.15, 0.2) is 0 Å². The van der Waals surface area contributed by atoms with E-state index in [9.17, 15) is 4.79 Å². The lowest BCUT2D eigenvalue weighted by atomic mass is 10.0. The number of carbonyl (C=O) groups excluding carboxylic acids is 1. The SMILES string of the molecule is COc1ccc([C@@H](CNC(=O)Nc2cccc(C)c2)N2CCOCC2)cc1. The molecule has 1 heterocycles. The van der Waals surface area contributed by atoms with Crippen molar-refractivity contribution >= 4 is 11.7 Å². The number of morpholine rings is 1. The largest absolute Gasteiger partial charge is 0.497 e. The molecule has 27 heavy (non-hydrogen) atoms. The number of amides is 2. The number of rotatable bonds is 6. The number of hydrogen-bond donors (Lipinski definition) is 2. The van der Waals surface area contributed by atoms with E-state index in [-0.39, 0.29) is 12.1 Å². The summed E-state index contributed by atoms with van der Waals surface area (Å²) in [5.74, 6) is 0.824. The Bertz CT molecular complexity index is 743. The zero-order valence-corrected chi connectivity index (χ0v) is 15.9. The van der Waals surface area contributed by atoms with Gasteiger partial charge in [-0.05, 0) is 42.3 Å². The van der Waals surface area contributed by atoms with Gasteiger partial charge in [-0.2, -0.15) is 0 Å². The number of hydrogen-bond acceptors (Lipinski definition) is 4. The number of benzene rings is 2. The molecule has 1 aliphatic heterocycles. The predicted molar refractivity (Wildman–Crippen MR) is 106 cm³/mol. The maximum absolute atomic E-state index is 12.4. The molecule has 144 valence electrons. The smallest absolute Gasteiger partial charge is 0.319 e. The van der Waals surface area contributed by atoms with E-state index >= 15 is 0 Å². The monoisotopic (exact) mass is 369 g/mol. The zero-order chi connectivity index (χ0) is 19.1. The van der Waals surface area contributed by atoms with Gasteiger partial charge in [-0.1, -0.05) is 24.3 Å². The van der Waals surface area contributed by atoms with Crippen molar-refractivity contribution < 1.29 is 14.3 Å². The van der Waals surface area contributed by atoms with E-state index in [1.807, 2.05) is 43.3 Å². The molecule has 2 aromatic carbocycles. The molecule has 1 fully saturated rings. The van der Waals surface area contributed by atoms with Gasteiger partial charge in [0.05, 0.1) is 26.4 Å². The third-order valence-corrected chi connectivity index (χ3v) is 4.72. The second-order valence-electron chi connectivity index (χ2n) is 6.64. The average Bonchev–Trinajstić information content (AvgIpc) is 2.69. The summed E-state index contributed by atoms with van der Waals surface area (Å²) in [6, 6.07) is 15.7. The predicted octanol–water partition coefficient (Wildman–Crippen LogP) is 3.20. The van der Waals surface area contributed by atoms with Crippen LogP contribution < -0.4 is 15.4 Å². The van der Waals surface area contributed by atoms with Crippen molar-refractivity contribution in [1.82, 2.24) is 10.2 Å². The van der Waals surface area contributed by atoms with Gasteiger partial charge in [0.1, 0.15) is 5.75 Å². The van der Waals surface area contributed by atoms with Crippen LogP contribution in [-0.4, -0.2) is 50.9 Å². The van der Waals surface area contributed by atoms with Crippen molar-refractivity contribution in [3.05, 3.63) is 59.7 Å². The third kappa shape index (κ3) is 5.45. The summed E-state index contributed by atoms with van der Waals surface area (Å²) < 4.78 is 10.7. The Labute approximate surface area is 160 Å². The molecule has 0 bridgehead atoms. The van der Waals surface area contributed by atoms with Gasteiger partial charge in [0.2, 0.25) is 0 Å². The van der Waals surface area contributed by atoms with Gasteiger partial charge < -0.3 is 20.1 Å². The van der Waals surface area contributed by atoms with Crippen LogP contribution in [0, 0.1) is 6.92 Å². The van der Waals surface area contributed by atoms with E-state index in [1.54, 1.807) is 7.11 Å². The molecule has 2 amide bonds. The van der Waals surface area contributed by atoms with Crippen LogP contribution in [0.3, 0.4) is 0 Å². The van der Waals surface area contributed by atoms with Crippen molar-refractivity contribution in [1.29, 1.82) is 0 Å². The van der Waals surface area contributed by atoms with Crippen molar-refractivity contribution in [3.63, 3.8) is 0 Å². The molecule has 0 radical (unpaired) electrons. The molecule has 1 atom stereocenters. The molecular weight excluding hydrogens is 342 g/mol. The number of carbonyl (C=O) groups is 1. The highest BCUT2D eigenvalue weighted by molar-refractivity contribution is 5.89. The first kappa shape index (κ1) is 19.2. The number of urea groups is 1. The third-order valence-electron chi connectivity index (χ3n) is 4.72. The van der Waals surface area contributed by atoms with Crippen LogP contribution in [0.15, 0.2) is 48.5 Å². The van der Waals surface area contributed by atoms with E-state index in [4.69, 9.17) is 9.47 Å². The fourth-order valence-corrected chi connectivity index (χ4v) is 3.26. The minimum Gasteiger partial charge on any atom is -0.497 e. The Balaban J connectivity index is 1.65. The summed E-state index contributed by atoms with van der Waals surface area (Å²) in [4.78, 5) is 14.7. The number of nitrogens with zero attached hydrogens (tertiary/aromatic N) is 1. The molecule has 6 nitrogen and oxygen atoms in total. The van der Waals surface area contributed by atoms with Crippen molar-refractivity contribution in [2.75, 3.05) is 45.3 Å². The number of anilines is 1. The van der Waals surface area contributed by atoms with Gasteiger partial charge >= 0.3 is 6.03 Å². The first-order valence-corrected chi connectivity index (χ1v) is 9.23. The van der Waals surface area contributed by atoms with Crippen molar-refractivity contribution in [2.24, 2.45) is 0 Å². The van der Waals surface area contributed by atoms with Crippen LogP contribution in [0.5, 0.6) is 5.75 Å². The Morgan fingerprint density at radius 2 is 1.93 bits per heavy atom. The van der Waals surface area contributed by atoms with Gasteiger partial charge in [-0.25, -0.2) is 4.79 Å². The topological polar surface area (TPSA) is 62.8 Å². The van der Waals surface area contributed by atoms with Crippen LogP contribution in [0.25, 0.3) is 0 Å². The zero-order valence-electron chi connectivity index (χ0n) is 15.9. The molecular formula is C21H27N3O3.